The van der Waals surface area contributed by atoms with E-state index in [1.54, 1.807) is 11.8 Å². The monoisotopic (exact) mass is 341 g/mol. The molecular weight excluding hydrogens is 322 g/mol. The lowest BCUT2D eigenvalue weighted by molar-refractivity contribution is -0.150. The SMILES string of the molecule is CSc1cccc(NC(=O)CC2(C(=O)O)Cc3ccccc3C2)c1. The number of benzene rings is 2. The van der Waals surface area contributed by atoms with Crippen molar-refractivity contribution in [3.8, 4) is 0 Å². The van der Waals surface area contributed by atoms with Gasteiger partial charge < -0.3 is 10.4 Å². The van der Waals surface area contributed by atoms with Crippen LogP contribution in [0.25, 0.3) is 0 Å². The van der Waals surface area contributed by atoms with Crippen LogP contribution in [0.2, 0.25) is 0 Å². The van der Waals surface area contributed by atoms with E-state index in [1.165, 1.54) is 0 Å². The minimum atomic E-state index is -1.05. The van der Waals surface area contributed by atoms with E-state index < -0.39 is 11.4 Å². The summed E-state index contributed by atoms with van der Waals surface area (Å²) < 4.78 is 0. The fourth-order valence-corrected chi connectivity index (χ4v) is 3.72. The molecular formula is C19H19NO3S. The minimum absolute atomic E-state index is 0.0273. The molecule has 0 spiro atoms. The number of fused-ring (bicyclic) bond motifs is 1. The zero-order valence-corrected chi connectivity index (χ0v) is 14.2. The van der Waals surface area contributed by atoms with Gasteiger partial charge in [0.15, 0.2) is 0 Å². The largest absolute Gasteiger partial charge is 0.481 e. The molecule has 2 aromatic carbocycles. The highest BCUT2D eigenvalue weighted by Gasteiger charge is 2.45. The topological polar surface area (TPSA) is 66.4 Å². The molecule has 0 fully saturated rings. The second-order valence-corrected chi connectivity index (χ2v) is 7.04. The number of carbonyl (C=O) groups is 2. The van der Waals surface area contributed by atoms with Gasteiger partial charge in [-0.2, -0.15) is 0 Å². The number of amides is 1. The van der Waals surface area contributed by atoms with Gasteiger partial charge in [0.05, 0.1) is 5.41 Å². The number of hydrogen-bond donors (Lipinski definition) is 2. The molecule has 24 heavy (non-hydrogen) atoms. The standard InChI is InChI=1S/C19H19NO3S/c1-24-16-8-4-7-15(9-16)20-17(21)12-19(18(22)23)10-13-5-2-3-6-14(13)11-19/h2-9H,10-12H2,1H3,(H,20,21)(H,22,23). The van der Waals surface area contributed by atoms with Crippen LogP contribution >= 0.6 is 11.8 Å². The molecule has 3 rings (SSSR count). The van der Waals surface area contributed by atoms with Crippen LogP contribution in [0.5, 0.6) is 0 Å². The Morgan fingerprint density at radius 1 is 1.12 bits per heavy atom. The predicted octanol–water partition coefficient (Wildman–Crippen LogP) is 3.61. The van der Waals surface area contributed by atoms with E-state index in [9.17, 15) is 14.7 Å². The number of hydrogen-bond acceptors (Lipinski definition) is 3. The van der Waals surface area contributed by atoms with E-state index in [2.05, 4.69) is 5.32 Å². The molecule has 0 aliphatic heterocycles. The normalized spacial score (nSPS) is 14.9. The molecule has 0 saturated heterocycles. The first-order valence-electron chi connectivity index (χ1n) is 7.76. The Morgan fingerprint density at radius 3 is 2.38 bits per heavy atom. The summed E-state index contributed by atoms with van der Waals surface area (Å²) in [6.07, 6.45) is 2.74. The number of carboxylic acids is 1. The Kier molecular flexibility index (Phi) is 4.62. The molecule has 2 N–H and O–H groups in total. The first-order chi connectivity index (χ1) is 11.5. The highest BCUT2D eigenvalue weighted by molar-refractivity contribution is 7.98. The summed E-state index contributed by atoms with van der Waals surface area (Å²) >= 11 is 1.59. The molecule has 0 bridgehead atoms. The fraction of sp³-hybridized carbons (Fsp3) is 0.263. The summed E-state index contributed by atoms with van der Waals surface area (Å²) in [5, 5.41) is 12.6. The van der Waals surface area contributed by atoms with Crippen LogP contribution in [0.15, 0.2) is 53.4 Å². The molecule has 1 aliphatic rings. The van der Waals surface area contributed by atoms with Crippen LogP contribution in [0.4, 0.5) is 5.69 Å². The molecule has 0 aromatic heterocycles. The number of anilines is 1. The lowest BCUT2D eigenvalue weighted by Crippen LogP contribution is -2.36. The van der Waals surface area contributed by atoms with Crippen molar-refractivity contribution in [2.75, 3.05) is 11.6 Å². The van der Waals surface area contributed by atoms with Gasteiger partial charge in [-0.3, -0.25) is 9.59 Å². The van der Waals surface area contributed by atoms with Gasteiger partial charge in [-0.25, -0.2) is 0 Å². The van der Waals surface area contributed by atoms with Crippen molar-refractivity contribution < 1.29 is 14.7 Å². The van der Waals surface area contributed by atoms with Gasteiger partial charge in [0, 0.05) is 17.0 Å². The van der Waals surface area contributed by atoms with E-state index in [0.717, 1.165) is 16.0 Å². The summed E-state index contributed by atoms with van der Waals surface area (Å²) in [5.74, 6) is -1.17. The van der Waals surface area contributed by atoms with Crippen LogP contribution in [0, 0.1) is 5.41 Å². The van der Waals surface area contributed by atoms with Gasteiger partial charge in [-0.05, 0) is 48.4 Å². The molecule has 0 heterocycles. The Hall–Kier alpha value is -2.27. The lowest BCUT2D eigenvalue weighted by atomic mass is 9.81. The van der Waals surface area contributed by atoms with Crippen molar-refractivity contribution in [2.45, 2.75) is 24.2 Å². The molecule has 0 unspecified atom stereocenters. The van der Waals surface area contributed by atoms with Crippen molar-refractivity contribution in [3.63, 3.8) is 0 Å². The summed E-state index contributed by atoms with van der Waals surface area (Å²) in [6.45, 7) is 0. The second kappa shape index (κ2) is 6.69. The van der Waals surface area contributed by atoms with Crippen molar-refractivity contribution >= 4 is 29.3 Å². The van der Waals surface area contributed by atoms with Crippen molar-refractivity contribution in [3.05, 3.63) is 59.7 Å². The molecule has 0 saturated carbocycles. The van der Waals surface area contributed by atoms with Gasteiger partial charge in [0.2, 0.25) is 5.91 Å². The van der Waals surface area contributed by atoms with Crippen LogP contribution in [0.3, 0.4) is 0 Å². The quantitative estimate of drug-likeness (QED) is 0.816. The van der Waals surface area contributed by atoms with Crippen molar-refractivity contribution in [2.24, 2.45) is 5.41 Å². The average molecular weight is 341 g/mol. The predicted molar refractivity (Wildman–Crippen MR) is 95.4 cm³/mol. The molecule has 0 atom stereocenters. The van der Waals surface area contributed by atoms with E-state index in [1.807, 2.05) is 54.8 Å². The van der Waals surface area contributed by atoms with E-state index in [4.69, 9.17) is 0 Å². The van der Waals surface area contributed by atoms with Crippen LogP contribution in [0.1, 0.15) is 17.5 Å². The second-order valence-electron chi connectivity index (χ2n) is 6.16. The maximum atomic E-state index is 12.4. The molecule has 4 nitrogen and oxygen atoms in total. The third-order valence-electron chi connectivity index (χ3n) is 4.48. The Bertz CT molecular complexity index is 763. The number of rotatable bonds is 5. The van der Waals surface area contributed by atoms with Crippen LogP contribution in [-0.2, 0) is 22.4 Å². The number of carboxylic acid groups (broad SMARTS) is 1. The van der Waals surface area contributed by atoms with E-state index >= 15 is 0 Å². The van der Waals surface area contributed by atoms with Crippen LogP contribution in [-0.4, -0.2) is 23.2 Å². The van der Waals surface area contributed by atoms with Gasteiger partial charge in [-0.15, -0.1) is 11.8 Å². The third-order valence-corrected chi connectivity index (χ3v) is 5.21. The number of carbonyl (C=O) groups excluding carboxylic acids is 1. The Morgan fingerprint density at radius 2 is 1.79 bits per heavy atom. The Labute approximate surface area is 145 Å². The maximum Gasteiger partial charge on any atom is 0.310 e. The number of nitrogens with one attached hydrogen (secondary N) is 1. The summed E-state index contributed by atoms with van der Waals surface area (Å²) in [6, 6.07) is 15.2. The lowest BCUT2D eigenvalue weighted by Gasteiger charge is -2.23. The fourth-order valence-electron chi connectivity index (χ4n) is 3.26. The summed E-state index contributed by atoms with van der Waals surface area (Å²) in [5.41, 5.74) is 1.70. The summed E-state index contributed by atoms with van der Waals surface area (Å²) in [4.78, 5) is 25.4. The van der Waals surface area contributed by atoms with E-state index in [-0.39, 0.29) is 12.3 Å². The molecule has 0 radical (unpaired) electrons. The molecule has 2 aromatic rings. The molecule has 124 valence electrons. The van der Waals surface area contributed by atoms with Crippen molar-refractivity contribution in [1.29, 1.82) is 0 Å². The van der Waals surface area contributed by atoms with Crippen LogP contribution < -0.4 is 5.32 Å². The number of aliphatic carboxylic acids is 1. The summed E-state index contributed by atoms with van der Waals surface area (Å²) in [7, 11) is 0. The smallest absolute Gasteiger partial charge is 0.310 e. The van der Waals surface area contributed by atoms with E-state index in [0.29, 0.717) is 18.5 Å². The Balaban J connectivity index is 1.75. The zero-order valence-electron chi connectivity index (χ0n) is 13.4. The minimum Gasteiger partial charge on any atom is -0.481 e. The third kappa shape index (κ3) is 3.31. The highest BCUT2D eigenvalue weighted by atomic mass is 32.2. The zero-order chi connectivity index (χ0) is 17.2. The van der Waals surface area contributed by atoms with Gasteiger partial charge in [-0.1, -0.05) is 30.3 Å². The average Bonchev–Trinajstić information content (AvgIpc) is 2.94. The van der Waals surface area contributed by atoms with Gasteiger partial charge in [0.25, 0.3) is 0 Å². The highest BCUT2D eigenvalue weighted by Crippen LogP contribution is 2.40. The van der Waals surface area contributed by atoms with Gasteiger partial charge >= 0.3 is 5.97 Å². The first kappa shape index (κ1) is 16.6. The van der Waals surface area contributed by atoms with Crippen molar-refractivity contribution in [1.82, 2.24) is 0 Å². The molecule has 1 aliphatic carbocycles. The number of thioether (sulfide) groups is 1. The first-order valence-corrected chi connectivity index (χ1v) is 8.99. The maximum absolute atomic E-state index is 12.4. The van der Waals surface area contributed by atoms with Gasteiger partial charge in [0.1, 0.15) is 0 Å². The molecule has 5 heteroatoms. The molecule has 1 amide bonds.